The van der Waals surface area contributed by atoms with Crippen LogP contribution in [0.1, 0.15) is 37.4 Å². The maximum Gasteiger partial charge on any atom is 0.416 e. The molecule has 0 fully saturated rings. The molecule has 10 heteroatoms. The number of hydrogen-bond acceptors (Lipinski definition) is 4. The van der Waals surface area contributed by atoms with Gasteiger partial charge in [0, 0.05) is 5.56 Å². The molecule has 3 rings (SSSR count). The highest BCUT2D eigenvalue weighted by molar-refractivity contribution is 6.32. The highest BCUT2D eigenvalue weighted by Gasteiger charge is 2.30. The van der Waals surface area contributed by atoms with Gasteiger partial charge < -0.3 is 9.84 Å². The predicted octanol–water partition coefficient (Wildman–Crippen LogP) is 5.40. The van der Waals surface area contributed by atoms with Crippen LogP contribution in [0.2, 0.25) is 5.02 Å². The van der Waals surface area contributed by atoms with E-state index in [0.29, 0.717) is 16.9 Å². The van der Waals surface area contributed by atoms with E-state index >= 15 is 0 Å². The minimum absolute atomic E-state index is 0.0985. The van der Waals surface area contributed by atoms with Crippen LogP contribution in [-0.4, -0.2) is 23.2 Å². The average Bonchev–Trinajstić information content (AvgIpc) is 2.78. The average molecular weight is 477 g/mol. The number of carboxylic acid groups (broad SMARTS) is 1. The lowest BCUT2D eigenvalue weighted by molar-refractivity contribution is -0.137. The summed E-state index contributed by atoms with van der Waals surface area (Å²) in [5, 5.41) is 13.0. The molecule has 3 aromatic carbocycles. The Morgan fingerprint density at radius 1 is 1.03 bits per heavy atom. The number of amides is 1. The molecule has 0 aliphatic heterocycles. The Labute approximate surface area is 191 Å². The van der Waals surface area contributed by atoms with Gasteiger partial charge in [-0.3, -0.25) is 4.79 Å². The summed E-state index contributed by atoms with van der Waals surface area (Å²) in [6.45, 7) is 0.0985. The maximum absolute atomic E-state index is 12.8. The van der Waals surface area contributed by atoms with E-state index in [1.54, 1.807) is 24.3 Å². The van der Waals surface area contributed by atoms with Crippen molar-refractivity contribution < 1.29 is 32.6 Å². The number of alkyl halides is 3. The number of halogens is 4. The van der Waals surface area contributed by atoms with Gasteiger partial charge in [-0.05, 0) is 59.7 Å². The van der Waals surface area contributed by atoms with Crippen molar-refractivity contribution in [2.75, 3.05) is 0 Å². The molecule has 2 N–H and O–H groups in total. The normalized spacial score (nSPS) is 11.4. The highest BCUT2D eigenvalue weighted by atomic mass is 35.5. The van der Waals surface area contributed by atoms with Crippen LogP contribution in [0.3, 0.4) is 0 Å². The molecule has 0 saturated carbocycles. The van der Waals surface area contributed by atoms with Crippen molar-refractivity contribution in [1.29, 1.82) is 0 Å². The molecule has 0 aliphatic carbocycles. The molecule has 0 saturated heterocycles. The molecule has 6 nitrogen and oxygen atoms in total. The van der Waals surface area contributed by atoms with Crippen molar-refractivity contribution >= 4 is 29.7 Å². The number of rotatable bonds is 7. The van der Waals surface area contributed by atoms with Crippen molar-refractivity contribution in [3.63, 3.8) is 0 Å². The topological polar surface area (TPSA) is 88.0 Å². The van der Waals surface area contributed by atoms with Crippen molar-refractivity contribution in [2.45, 2.75) is 12.8 Å². The number of hydrogen-bond donors (Lipinski definition) is 2. The molecule has 0 spiro atoms. The van der Waals surface area contributed by atoms with Gasteiger partial charge in [0.1, 0.15) is 12.4 Å². The van der Waals surface area contributed by atoms with Gasteiger partial charge in [-0.15, -0.1) is 0 Å². The van der Waals surface area contributed by atoms with Gasteiger partial charge in [-0.25, -0.2) is 10.2 Å². The fourth-order valence-electron chi connectivity index (χ4n) is 2.74. The number of hydrazone groups is 1. The first-order valence-electron chi connectivity index (χ1n) is 9.39. The van der Waals surface area contributed by atoms with E-state index in [2.05, 4.69) is 10.5 Å². The number of ether oxygens (including phenoxy) is 1. The first kappa shape index (κ1) is 23.8. The molecule has 0 aliphatic rings. The molecule has 0 unspecified atom stereocenters. The Hall–Kier alpha value is -3.85. The standard InChI is InChI=1S/C23H16ClF3N2O4/c24-19-10-14(7-8-20(19)33-13-15-3-1-5-17(9-15)22(31)32)12-28-29-21(30)16-4-2-6-18(11-16)23(25,26)27/h1-12H,13H2,(H,29,30)(H,31,32)/b28-12-. The first-order valence-corrected chi connectivity index (χ1v) is 9.76. The summed E-state index contributed by atoms with van der Waals surface area (Å²) in [5.41, 5.74) is 2.33. The van der Waals surface area contributed by atoms with Gasteiger partial charge in [0.05, 0.1) is 22.4 Å². The molecular weight excluding hydrogens is 461 g/mol. The summed E-state index contributed by atoms with van der Waals surface area (Å²) >= 11 is 6.20. The van der Waals surface area contributed by atoms with Crippen LogP contribution < -0.4 is 10.2 Å². The van der Waals surface area contributed by atoms with Crippen molar-refractivity contribution in [3.05, 3.63) is 99.6 Å². The van der Waals surface area contributed by atoms with E-state index in [9.17, 15) is 22.8 Å². The second kappa shape index (κ2) is 10.2. The summed E-state index contributed by atoms with van der Waals surface area (Å²) in [4.78, 5) is 23.1. The number of carbonyl (C=O) groups excluding carboxylic acids is 1. The minimum Gasteiger partial charge on any atom is -0.487 e. The van der Waals surface area contributed by atoms with E-state index in [4.69, 9.17) is 21.4 Å². The van der Waals surface area contributed by atoms with Gasteiger partial charge in [-0.1, -0.05) is 29.8 Å². The second-order valence-corrected chi connectivity index (χ2v) is 7.17. The number of nitrogens with one attached hydrogen (secondary N) is 1. The minimum atomic E-state index is -4.56. The highest BCUT2D eigenvalue weighted by Crippen LogP contribution is 2.29. The van der Waals surface area contributed by atoms with Gasteiger partial charge in [0.15, 0.2) is 0 Å². The predicted molar refractivity (Wildman–Crippen MR) is 116 cm³/mol. The van der Waals surface area contributed by atoms with Gasteiger partial charge >= 0.3 is 12.1 Å². The van der Waals surface area contributed by atoms with Crippen molar-refractivity contribution in [2.24, 2.45) is 5.10 Å². The lowest BCUT2D eigenvalue weighted by atomic mass is 10.1. The smallest absolute Gasteiger partial charge is 0.416 e. The van der Waals surface area contributed by atoms with Crippen LogP contribution in [-0.2, 0) is 12.8 Å². The molecular formula is C23H16ClF3N2O4. The molecule has 0 atom stereocenters. The Balaban J connectivity index is 1.60. The quantitative estimate of drug-likeness (QED) is 0.353. The molecule has 0 heterocycles. The zero-order valence-corrected chi connectivity index (χ0v) is 17.5. The number of benzene rings is 3. The van der Waals surface area contributed by atoms with Crippen LogP contribution in [0.25, 0.3) is 0 Å². The van der Waals surface area contributed by atoms with Crippen LogP contribution in [0.4, 0.5) is 13.2 Å². The van der Waals surface area contributed by atoms with Crippen LogP contribution >= 0.6 is 11.6 Å². The molecule has 170 valence electrons. The summed E-state index contributed by atoms with van der Waals surface area (Å²) < 4.78 is 43.9. The number of nitrogens with zero attached hydrogens (tertiary/aromatic N) is 1. The van der Waals surface area contributed by atoms with E-state index < -0.39 is 23.6 Å². The van der Waals surface area contributed by atoms with E-state index in [-0.39, 0.29) is 22.8 Å². The number of carboxylic acids is 1. The molecule has 0 bridgehead atoms. The van der Waals surface area contributed by atoms with E-state index in [1.807, 2.05) is 0 Å². The van der Waals surface area contributed by atoms with Gasteiger partial charge in [-0.2, -0.15) is 18.3 Å². The van der Waals surface area contributed by atoms with Gasteiger partial charge in [0.25, 0.3) is 5.91 Å². The second-order valence-electron chi connectivity index (χ2n) is 6.76. The van der Waals surface area contributed by atoms with Crippen molar-refractivity contribution in [1.82, 2.24) is 5.43 Å². The Morgan fingerprint density at radius 2 is 1.76 bits per heavy atom. The summed E-state index contributed by atoms with van der Waals surface area (Å²) in [6, 6.07) is 15.0. The summed E-state index contributed by atoms with van der Waals surface area (Å²) in [5.74, 6) is -1.49. The number of aromatic carboxylic acids is 1. The summed E-state index contributed by atoms with van der Waals surface area (Å²) in [6.07, 6.45) is -3.28. The Bertz CT molecular complexity index is 1210. The Morgan fingerprint density at radius 3 is 2.45 bits per heavy atom. The first-order chi connectivity index (χ1) is 15.6. The largest absolute Gasteiger partial charge is 0.487 e. The monoisotopic (exact) mass is 476 g/mol. The van der Waals surface area contributed by atoms with Crippen molar-refractivity contribution in [3.8, 4) is 5.75 Å². The maximum atomic E-state index is 12.8. The fraction of sp³-hybridized carbons (Fsp3) is 0.0870. The van der Waals surface area contributed by atoms with Crippen LogP contribution in [0, 0.1) is 0 Å². The van der Waals surface area contributed by atoms with E-state index in [1.165, 1.54) is 30.5 Å². The van der Waals surface area contributed by atoms with E-state index in [0.717, 1.165) is 18.2 Å². The molecule has 0 radical (unpaired) electrons. The lowest BCUT2D eigenvalue weighted by Crippen LogP contribution is -2.18. The van der Waals surface area contributed by atoms with Gasteiger partial charge in [0.2, 0.25) is 0 Å². The fourth-order valence-corrected chi connectivity index (χ4v) is 2.98. The zero-order chi connectivity index (χ0) is 24.0. The molecule has 1 amide bonds. The number of carbonyl (C=O) groups is 2. The summed E-state index contributed by atoms with van der Waals surface area (Å²) in [7, 11) is 0. The third kappa shape index (κ3) is 6.56. The SMILES string of the molecule is O=C(O)c1cccc(COc2ccc(/C=N\NC(=O)c3cccc(C(F)(F)F)c3)cc2Cl)c1. The zero-order valence-electron chi connectivity index (χ0n) is 16.8. The molecule has 0 aromatic heterocycles. The van der Waals surface area contributed by atoms with Crippen LogP contribution in [0.15, 0.2) is 71.8 Å². The third-order valence-electron chi connectivity index (χ3n) is 4.36. The molecule has 33 heavy (non-hydrogen) atoms. The third-order valence-corrected chi connectivity index (χ3v) is 4.65. The Kier molecular flexibility index (Phi) is 7.34. The molecule has 3 aromatic rings. The lowest BCUT2D eigenvalue weighted by Gasteiger charge is -2.09. The van der Waals surface area contributed by atoms with Crippen LogP contribution in [0.5, 0.6) is 5.75 Å².